The zero-order valence-corrected chi connectivity index (χ0v) is 18.7. The van der Waals surface area contributed by atoms with Gasteiger partial charge in [0.05, 0.1) is 23.6 Å². The van der Waals surface area contributed by atoms with Crippen LogP contribution in [0, 0.1) is 0 Å². The molecule has 0 aliphatic heterocycles. The van der Waals surface area contributed by atoms with Gasteiger partial charge < -0.3 is 14.6 Å². The molecule has 3 rings (SSSR count). The molecule has 0 unspecified atom stereocenters. The molecule has 1 heterocycles. The average molecular weight is 472 g/mol. The molecule has 152 valence electrons. The summed E-state index contributed by atoms with van der Waals surface area (Å²) in [5.74, 6) is 1.08. The van der Waals surface area contributed by atoms with Crippen molar-refractivity contribution in [2.75, 3.05) is 18.2 Å². The lowest BCUT2D eigenvalue weighted by molar-refractivity contribution is -0.113. The highest BCUT2D eigenvalue weighted by Gasteiger charge is 2.17. The van der Waals surface area contributed by atoms with Crippen LogP contribution in [-0.2, 0) is 11.3 Å². The zero-order chi connectivity index (χ0) is 21.0. The predicted molar refractivity (Wildman–Crippen MR) is 119 cm³/mol. The number of ether oxygens (including phenoxy) is 1. The van der Waals surface area contributed by atoms with E-state index < -0.39 is 0 Å². The molecule has 3 aromatic rings. The maximum Gasteiger partial charge on any atom is 0.234 e. The summed E-state index contributed by atoms with van der Waals surface area (Å²) in [6, 6.07) is 10.2. The van der Waals surface area contributed by atoms with Gasteiger partial charge in [-0.2, -0.15) is 0 Å². The first-order chi connectivity index (χ1) is 13.9. The third-order valence-electron chi connectivity index (χ3n) is 3.97. The van der Waals surface area contributed by atoms with Crippen molar-refractivity contribution in [2.45, 2.75) is 18.6 Å². The maximum absolute atomic E-state index is 12.4. The van der Waals surface area contributed by atoms with Crippen molar-refractivity contribution < 1.29 is 9.53 Å². The number of amides is 1. The third-order valence-corrected chi connectivity index (χ3v) is 5.72. The average Bonchev–Trinajstić information content (AvgIpc) is 3.09. The van der Waals surface area contributed by atoms with E-state index in [-0.39, 0.29) is 11.7 Å². The lowest BCUT2D eigenvalue weighted by Gasteiger charge is -2.11. The lowest BCUT2D eigenvalue weighted by Crippen LogP contribution is -2.15. The maximum atomic E-state index is 12.4. The number of methoxy groups -OCH3 is 1. The van der Waals surface area contributed by atoms with Gasteiger partial charge in [-0.25, -0.2) is 0 Å². The van der Waals surface area contributed by atoms with Gasteiger partial charge in [0.2, 0.25) is 5.91 Å². The Morgan fingerprint density at radius 2 is 1.86 bits per heavy atom. The number of thioether (sulfide) groups is 1. The van der Waals surface area contributed by atoms with Crippen molar-refractivity contribution in [1.29, 1.82) is 0 Å². The normalized spacial score (nSPS) is 10.8. The van der Waals surface area contributed by atoms with Crippen molar-refractivity contribution in [3.63, 3.8) is 0 Å². The number of carbonyl (C=O) groups excluding carboxylic acids is 1. The van der Waals surface area contributed by atoms with Crippen LogP contribution < -0.4 is 10.1 Å². The quantitative estimate of drug-likeness (QED) is 0.450. The highest BCUT2D eigenvalue weighted by molar-refractivity contribution is 7.99. The van der Waals surface area contributed by atoms with Crippen molar-refractivity contribution in [2.24, 2.45) is 0 Å². The second-order valence-electron chi connectivity index (χ2n) is 5.86. The molecule has 0 saturated carbocycles. The standard InChI is InChI=1S/C19H17Cl3N4O2S/c1-3-26-18(13-6-4-11(20)8-14(13)22)24-25-19(26)29-10-17(27)23-15-9-12(21)5-7-16(15)28-2/h4-9H,3,10H2,1-2H3,(H,23,27). The first-order valence-corrected chi connectivity index (χ1v) is 10.7. The van der Waals surface area contributed by atoms with Crippen LogP contribution in [0.4, 0.5) is 5.69 Å². The number of anilines is 1. The highest BCUT2D eigenvalue weighted by atomic mass is 35.5. The minimum Gasteiger partial charge on any atom is -0.495 e. The molecule has 0 radical (unpaired) electrons. The van der Waals surface area contributed by atoms with Gasteiger partial charge in [0.15, 0.2) is 11.0 Å². The van der Waals surface area contributed by atoms with Gasteiger partial charge in [-0.15, -0.1) is 10.2 Å². The van der Waals surface area contributed by atoms with Crippen LogP contribution in [0.1, 0.15) is 6.92 Å². The molecule has 10 heteroatoms. The number of hydrogen-bond donors (Lipinski definition) is 1. The van der Waals surface area contributed by atoms with E-state index in [0.717, 1.165) is 5.56 Å². The molecular weight excluding hydrogens is 455 g/mol. The molecule has 1 N–H and O–H groups in total. The van der Waals surface area contributed by atoms with Crippen LogP contribution in [0.2, 0.25) is 15.1 Å². The first kappa shape index (κ1) is 21.8. The van der Waals surface area contributed by atoms with Gasteiger partial charge in [-0.3, -0.25) is 4.79 Å². The number of hydrogen-bond acceptors (Lipinski definition) is 5. The van der Waals surface area contributed by atoms with Gasteiger partial charge in [0, 0.05) is 22.2 Å². The number of halogens is 3. The lowest BCUT2D eigenvalue weighted by atomic mass is 10.2. The van der Waals surface area contributed by atoms with E-state index in [9.17, 15) is 4.79 Å². The van der Waals surface area contributed by atoms with Crippen LogP contribution in [0.3, 0.4) is 0 Å². The van der Waals surface area contributed by atoms with Crippen molar-refractivity contribution in [3.05, 3.63) is 51.5 Å². The van der Waals surface area contributed by atoms with Crippen LogP contribution in [0.15, 0.2) is 41.6 Å². The molecule has 6 nitrogen and oxygen atoms in total. The smallest absolute Gasteiger partial charge is 0.234 e. The molecule has 0 bridgehead atoms. The number of nitrogens with one attached hydrogen (secondary N) is 1. The summed E-state index contributed by atoms with van der Waals surface area (Å²) in [6.07, 6.45) is 0. The topological polar surface area (TPSA) is 69.0 Å². The van der Waals surface area contributed by atoms with E-state index in [1.54, 1.807) is 36.4 Å². The van der Waals surface area contributed by atoms with Gasteiger partial charge in [0.1, 0.15) is 5.75 Å². The van der Waals surface area contributed by atoms with Gasteiger partial charge in [-0.1, -0.05) is 46.6 Å². The summed E-state index contributed by atoms with van der Waals surface area (Å²) in [6.45, 7) is 2.59. The molecule has 2 aromatic carbocycles. The molecule has 0 aliphatic carbocycles. The number of rotatable bonds is 7. The molecule has 0 fully saturated rings. The van der Waals surface area contributed by atoms with E-state index >= 15 is 0 Å². The predicted octanol–water partition coefficient (Wildman–Crippen LogP) is 5.66. The first-order valence-electron chi connectivity index (χ1n) is 8.57. The Bertz CT molecular complexity index is 1040. The highest BCUT2D eigenvalue weighted by Crippen LogP contribution is 2.32. The summed E-state index contributed by atoms with van der Waals surface area (Å²) in [5.41, 5.74) is 1.24. The number of carbonyl (C=O) groups is 1. The third kappa shape index (κ3) is 5.17. The van der Waals surface area contributed by atoms with Gasteiger partial charge >= 0.3 is 0 Å². The Morgan fingerprint density at radius 3 is 2.55 bits per heavy atom. The SMILES string of the molecule is CCn1c(SCC(=O)Nc2cc(Cl)ccc2OC)nnc1-c1ccc(Cl)cc1Cl. The van der Waals surface area contributed by atoms with Crippen LogP contribution in [0.5, 0.6) is 5.75 Å². The molecule has 0 saturated heterocycles. The number of aromatic nitrogens is 3. The minimum atomic E-state index is -0.215. The molecule has 1 aromatic heterocycles. The van der Waals surface area contributed by atoms with Crippen molar-refractivity contribution >= 4 is 58.2 Å². The monoisotopic (exact) mass is 470 g/mol. The molecule has 0 spiro atoms. The summed E-state index contributed by atoms with van der Waals surface area (Å²) in [7, 11) is 1.53. The Hall–Kier alpha value is -1.93. The number of benzene rings is 2. The van der Waals surface area contributed by atoms with E-state index in [2.05, 4.69) is 15.5 Å². The van der Waals surface area contributed by atoms with Crippen LogP contribution >= 0.6 is 46.6 Å². The fourth-order valence-corrected chi connectivity index (χ4v) is 4.11. The fourth-order valence-electron chi connectivity index (χ4n) is 2.64. The van der Waals surface area contributed by atoms with Crippen LogP contribution in [-0.4, -0.2) is 33.5 Å². The molecule has 29 heavy (non-hydrogen) atoms. The van der Waals surface area contributed by atoms with Gasteiger partial charge in [0.25, 0.3) is 0 Å². The second kappa shape index (κ2) is 9.71. The summed E-state index contributed by atoms with van der Waals surface area (Å²) < 4.78 is 7.14. The Kier molecular flexibility index (Phi) is 7.29. The summed E-state index contributed by atoms with van der Waals surface area (Å²) in [5, 5.41) is 13.4. The molecule has 0 atom stereocenters. The number of nitrogens with zero attached hydrogens (tertiary/aromatic N) is 3. The minimum absolute atomic E-state index is 0.141. The largest absolute Gasteiger partial charge is 0.495 e. The summed E-state index contributed by atoms with van der Waals surface area (Å²) >= 11 is 19.6. The fraction of sp³-hybridized carbons (Fsp3) is 0.211. The Labute approximate surface area is 187 Å². The van der Waals surface area contributed by atoms with Crippen molar-refractivity contribution in [1.82, 2.24) is 14.8 Å². The zero-order valence-electron chi connectivity index (χ0n) is 15.6. The van der Waals surface area contributed by atoms with Crippen molar-refractivity contribution in [3.8, 4) is 17.1 Å². The van der Waals surface area contributed by atoms with E-state index in [4.69, 9.17) is 39.5 Å². The Balaban J connectivity index is 1.74. The van der Waals surface area contributed by atoms with E-state index in [1.165, 1.54) is 18.9 Å². The molecular formula is C19H17Cl3N4O2S. The second-order valence-corrected chi connectivity index (χ2v) is 8.08. The Morgan fingerprint density at radius 1 is 1.14 bits per heavy atom. The molecule has 1 amide bonds. The van der Waals surface area contributed by atoms with E-state index in [1.807, 2.05) is 11.5 Å². The molecule has 0 aliphatic rings. The summed E-state index contributed by atoms with van der Waals surface area (Å²) in [4.78, 5) is 12.4. The van der Waals surface area contributed by atoms with Crippen LogP contribution in [0.25, 0.3) is 11.4 Å². The van der Waals surface area contributed by atoms with Gasteiger partial charge in [-0.05, 0) is 43.3 Å². The van der Waals surface area contributed by atoms with E-state index in [0.29, 0.717) is 44.0 Å².